The third-order valence-corrected chi connectivity index (χ3v) is 2.94. The van der Waals surface area contributed by atoms with Crippen molar-refractivity contribution < 1.29 is 4.79 Å². The van der Waals surface area contributed by atoms with Crippen LogP contribution in [-0.4, -0.2) is 16.1 Å². The van der Waals surface area contributed by atoms with E-state index in [4.69, 9.17) is 0 Å². The number of benzene rings is 1. The Morgan fingerprint density at radius 3 is 2.56 bits per heavy atom. The van der Waals surface area contributed by atoms with E-state index < -0.39 is 0 Å². The maximum atomic E-state index is 10.6. The molecule has 3 heteroatoms. The van der Waals surface area contributed by atoms with Crippen LogP contribution in [0.3, 0.4) is 0 Å². The lowest BCUT2D eigenvalue weighted by Gasteiger charge is -2.06. The van der Waals surface area contributed by atoms with Crippen molar-refractivity contribution >= 4 is 6.29 Å². The summed E-state index contributed by atoms with van der Waals surface area (Å²) in [7, 11) is 0. The van der Waals surface area contributed by atoms with Crippen molar-refractivity contribution in [1.82, 2.24) is 9.78 Å². The summed E-state index contributed by atoms with van der Waals surface area (Å²) in [6.07, 6.45) is 5.21. The fourth-order valence-corrected chi connectivity index (χ4v) is 1.91. The van der Waals surface area contributed by atoms with E-state index in [1.165, 1.54) is 18.5 Å². The monoisotopic (exact) mass is 212 g/mol. The number of carbonyl (C=O) groups excluding carboxylic acids is 1. The Labute approximate surface area is 93.7 Å². The van der Waals surface area contributed by atoms with Gasteiger partial charge >= 0.3 is 0 Å². The van der Waals surface area contributed by atoms with Crippen LogP contribution in [0.1, 0.15) is 34.8 Å². The molecule has 0 atom stereocenters. The van der Waals surface area contributed by atoms with Gasteiger partial charge in [-0.2, -0.15) is 5.10 Å². The third kappa shape index (κ3) is 1.54. The quantitative estimate of drug-likeness (QED) is 0.733. The van der Waals surface area contributed by atoms with Crippen LogP contribution in [0.5, 0.6) is 0 Å². The van der Waals surface area contributed by atoms with Gasteiger partial charge in [-0.25, -0.2) is 4.68 Å². The molecule has 0 aliphatic heterocycles. The summed E-state index contributed by atoms with van der Waals surface area (Å²) in [6.45, 7) is 0. The first-order chi connectivity index (χ1) is 7.88. The van der Waals surface area contributed by atoms with Gasteiger partial charge in [-0.1, -0.05) is 0 Å². The number of aldehydes is 1. The molecule has 1 fully saturated rings. The van der Waals surface area contributed by atoms with E-state index in [1.54, 1.807) is 0 Å². The molecular weight excluding hydrogens is 200 g/mol. The van der Waals surface area contributed by atoms with Crippen molar-refractivity contribution in [2.45, 2.75) is 18.8 Å². The molecule has 0 spiro atoms. The predicted molar refractivity (Wildman–Crippen MR) is 60.9 cm³/mol. The lowest BCUT2D eigenvalue weighted by molar-refractivity contribution is 0.112. The molecule has 2 aromatic rings. The van der Waals surface area contributed by atoms with Gasteiger partial charge in [0.05, 0.1) is 5.69 Å². The summed E-state index contributed by atoms with van der Waals surface area (Å²) in [4.78, 5) is 10.6. The molecule has 80 valence electrons. The van der Waals surface area contributed by atoms with E-state index in [1.807, 2.05) is 35.1 Å². The van der Waals surface area contributed by atoms with Crippen molar-refractivity contribution in [3.63, 3.8) is 0 Å². The molecule has 3 nitrogen and oxygen atoms in total. The highest BCUT2D eigenvalue weighted by molar-refractivity contribution is 5.75. The topological polar surface area (TPSA) is 34.9 Å². The molecule has 1 aliphatic rings. The van der Waals surface area contributed by atoms with Crippen LogP contribution in [0.2, 0.25) is 0 Å². The Kier molecular flexibility index (Phi) is 2.10. The van der Waals surface area contributed by atoms with E-state index in [-0.39, 0.29) is 0 Å². The Balaban J connectivity index is 2.00. The van der Waals surface area contributed by atoms with Crippen LogP contribution in [0.15, 0.2) is 36.5 Å². The second kappa shape index (κ2) is 3.59. The standard InChI is InChI=1S/C13H12N2O/c16-9-10-1-5-12(6-2-10)15-13(7-8-14-15)11-3-4-11/h1-2,5-9,11H,3-4H2. The van der Waals surface area contributed by atoms with E-state index in [0.29, 0.717) is 11.5 Å². The Bertz CT molecular complexity index is 509. The number of hydrogen-bond acceptors (Lipinski definition) is 2. The van der Waals surface area contributed by atoms with Crippen LogP contribution in [0.25, 0.3) is 5.69 Å². The van der Waals surface area contributed by atoms with Crippen LogP contribution in [0, 0.1) is 0 Å². The van der Waals surface area contributed by atoms with Gasteiger partial charge in [0.15, 0.2) is 0 Å². The minimum absolute atomic E-state index is 0.674. The Morgan fingerprint density at radius 1 is 1.19 bits per heavy atom. The molecule has 1 saturated carbocycles. The van der Waals surface area contributed by atoms with Gasteiger partial charge in [-0.05, 0) is 43.2 Å². The first-order valence-corrected chi connectivity index (χ1v) is 5.48. The molecule has 0 bridgehead atoms. The van der Waals surface area contributed by atoms with Crippen molar-refractivity contribution in [3.05, 3.63) is 47.8 Å². The molecule has 0 radical (unpaired) electrons. The van der Waals surface area contributed by atoms with Gasteiger partial charge < -0.3 is 0 Å². The van der Waals surface area contributed by atoms with Crippen LogP contribution in [-0.2, 0) is 0 Å². The average Bonchev–Trinajstić information content (AvgIpc) is 3.07. The minimum Gasteiger partial charge on any atom is -0.298 e. The second-order valence-electron chi connectivity index (χ2n) is 4.15. The molecule has 16 heavy (non-hydrogen) atoms. The van der Waals surface area contributed by atoms with Gasteiger partial charge in [0.2, 0.25) is 0 Å². The predicted octanol–water partition coefficient (Wildman–Crippen LogP) is 2.56. The van der Waals surface area contributed by atoms with E-state index in [9.17, 15) is 4.79 Å². The molecule has 3 rings (SSSR count). The summed E-state index contributed by atoms with van der Waals surface area (Å²) in [6, 6.07) is 9.58. The van der Waals surface area contributed by atoms with Crippen molar-refractivity contribution in [2.75, 3.05) is 0 Å². The number of rotatable bonds is 3. The van der Waals surface area contributed by atoms with Crippen LogP contribution < -0.4 is 0 Å². The molecule has 0 amide bonds. The zero-order chi connectivity index (χ0) is 11.0. The smallest absolute Gasteiger partial charge is 0.150 e. The largest absolute Gasteiger partial charge is 0.298 e. The average molecular weight is 212 g/mol. The molecule has 0 saturated heterocycles. The zero-order valence-electron chi connectivity index (χ0n) is 8.84. The van der Waals surface area contributed by atoms with Crippen molar-refractivity contribution in [2.24, 2.45) is 0 Å². The molecule has 1 aliphatic carbocycles. The second-order valence-corrected chi connectivity index (χ2v) is 4.15. The van der Waals surface area contributed by atoms with Gasteiger partial charge in [-0.15, -0.1) is 0 Å². The SMILES string of the molecule is O=Cc1ccc(-n2nccc2C2CC2)cc1. The molecule has 1 aromatic heterocycles. The molecule has 0 unspecified atom stereocenters. The lowest BCUT2D eigenvalue weighted by atomic mass is 10.2. The number of aromatic nitrogens is 2. The van der Waals surface area contributed by atoms with E-state index in [0.717, 1.165) is 12.0 Å². The molecule has 1 heterocycles. The van der Waals surface area contributed by atoms with Crippen LogP contribution >= 0.6 is 0 Å². The fraction of sp³-hybridized carbons (Fsp3) is 0.231. The number of nitrogens with zero attached hydrogens (tertiary/aromatic N) is 2. The fourth-order valence-electron chi connectivity index (χ4n) is 1.91. The number of hydrogen-bond donors (Lipinski definition) is 0. The zero-order valence-corrected chi connectivity index (χ0v) is 8.84. The van der Waals surface area contributed by atoms with Gasteiger partial charge in [0.1, 0.15) is 6.29 Å². The van der Waals surface area contributed by atoms with Crippen molar-refractivity contribution in [3.8, 4) is 5.69 Å². The summed E-state index contributed by atoms with van der Waals surface area (Å²) in [5.74, 6) is 0.674. The highest BCUT2D eigenvalue weighted by Crippen LogP contribution is 2.40. The first kappa shape index (κ1) is 9.33. The first-order valence-electron chi connectivity index (χ1n) is 5.48. The number of carbonyl (C=O) groups is 1. The van der Waals surface area contributed by atoms with Gasteiger partial charge in [0.25, 0.3) is 0 Å². The van der Waals surface area contributed by atoms with Gasteiger partial charge in [0, 0.05) is 23.4 Å². The highest BCUT2D eigenvalue weighted by atomic mass is 16.1. The third-order valence-electron chi connectivity index (χ3n) is 2.94. The maximum absolute atomic E-state index is 10.6. The van der Waals surface area contributed by atoms with Crippen molar-refractivity contribution in [1.29, 1.82) is 0 Å². The van der Waals surface area contributed by atoms with E-state index in [2.05, 4.69) is 11.2 Å². The highest BCUT2D eigenvalue weighted by Gasteiger charge is 2.27. The summed E-state index contributed by atoms with van der Waals surface area (Å²) < 4.78 is 1.96. The lowest BCUT2D eigenvalue weighted by Crippen LogP contribution is -2.00. The molecule has 1 aromatic carbocycles. The maximum Gasteiger partial charge on any atom is 0.150 e. The van der Waals surface area contributed by atoms with E-state index >= 15 is 0 Å². The Hall–Kier alpha value is -1.90. The summed E-state index contributed by atoms with van der Waals surface area (Å²) >= 11 is 0. The normalized spacial score (nSPS) is 15.0. The molecule has 0 N–H and O–H groups in total. The van der Waals surface area contributed by atoms with Crippen LogP contribution in [0.4, 0.5) is 0 Å². The minimum atomic E-state index is 0.674. The van der Waals surface area contributed by atoms with Gasteiger partial charge in [-0.3, -0.25) is 4.79 Å². The summed E-state index contributed by atoms with van der Waals surface area (Å²) in [5, 5.41) is 4.33. The Morgan fingerprint density at radius 2 is 1.94 bits per heavy atom. The summed E-state index contributed by atoms with van der Waals surface area (Å²) in [5.41, 5.74) is 3.00. The molecular formula is C13H12N2O.